The summed E-state index contributed by atoms with van der Waals surface area (Å²) >= 11 is 5.56. The highest BCUT2D eigenvalue weighted by Gasteiger charge is 2.21. The molecule has 6 nitrogen and oxygen atoms in total. The van der Waals surface area contributed by atoms with Gasteiger partial charge in [-0.15, -0.1) is 0 Å². The minimum atomic E-state index is -0.480. The second-order valence-electron chi connectivity index (χ2n) is 6.86. The minimum Gasteiger partial charge on any atom is -0.493 e. The summed E-state index contributed by atoms with van der Waals surface area (Å²) in [6.07, 6.45) is 0.913. The van der Waals surface area contributed by atoms with Crippen molar-refractivity contribution >= 4 is 18.1 Å². The van der Waals surface area contributed by atoms with Crippen LogP contribution in [0.5, 0.6) is 11.5 Å². The van der Waals surface area contributed by atoms with Crippen molar-refractivity contribution in [2.24, 2.45) is 5.73 Å². The highest BCUT2D eigenvalue weighted by Crippen LogP contribution is 2.33. The average molecular weight is 388 g/mol. The lowest BCUT2D eigenvalue weighted by Gasteiger charge is -2.31. The molecule has 1 amide bonds. The molecule has 2 aromatic rings. The zero-order valence-electron chi connectivity index (χ0n) is 16.2. The number of methoxy groups -OCH3 is 2. The molecular weight excluding hydrogens is 362 g/mol. The van der Waals surface area contributed by atoms with E-state index in [2.05, 4.69) is 11.0 Å². The fourth-order valence-corrected chi connectivity index (χ4v) is 4.13. The van der Waals surface area contributed by atoms with Crippen LogP contribution in [-0.2, 0) is 19.6 Å². The highest BCUT2D eigenvalue weighted by molar-refractivity contribution is 7.71. The molecule has 0 saturated heterocycles. The van der Waals surface area contributed by atoms with E-state index in [9.17, 15) is 4.79 Å². The number of ether oxygens (including phenoxy) is 2. The van der Waals surface area contributed by atoms with E-state index in [4.69, 9.17) is 27.4 Å². The monoisotopic (exact) mass is 387 g/mol. The molecule has 0 radical (unpaired) electrons. The molecule has 2 heterocycles. The standard InChI is InChI=1S/C20H25N3O3S/c1-12-7-13(2)23(20(27)18(12)19(21)24)11-22-6-5-14-8-16(25-3)17(26-4)9-15(14)10-22/h7-9H,5-6,10-11H2,1-4H3,(H2,21,24). The number of benzene rings is 1. The van der Waals surface area contributed by atoms with Gasteiger partial charge in [-0.05, 0) is 55.2 Å². The van der Waals surface area contributed by atoms with Gasteiger partial charge >= 0.3 is 0 Å². The lowest BCUT2D eigenvalue weighted by molar-refractivity contribution is 0.0997. The van der Waals surface area contributed by atoms with E-state index < -0.39 is 5.91 Å². The van der Waals surface area contributed by atoms with Gasteiger partial charge in [-0.3, -0.25) is 9.69 Å². The number of carbonyl (C=O) groups excluding carboxylic acids is 1. The number of hydrogen-bond acceptors (Lipinski definition) is 5. The molecule has 2 N–H and O–H groups in total. The van der Waals surface area contributed by atoms with Crippen LogP contribution < -0.4 is 15.2 Å². The van der Waals surface area contributed by atoms with E-state index in [0.29, 0.717) is 16.9 Å². The van der Waals surface area contributed by atoms with Gasteiger partial charge in [-0.2, -0.15) is 0 Å². The quantitative estimate of drug-likeness (QED) is 0.799. The maximum Gasteiger partial charge on any atom is 0.251 e. The molecule has 0 saturated carbocycles. The second kappa shape index (κ2) is 7.70. The lowest BCUT2D eigenvalue weighted by atomic mass is 9.99. The normalized spacial score (nSPS) is 13.9. The van der Waals surface area contributed by atoms with Crippen LogP contribution in [0.15, 0.2) is 18.2 Å². The molecule has 1 aliphatic heterocycles. The van der Waals surface area contributed by atoms with Crippen molar-refractivity contribution in [1.29, 1.82) is 0 Å². The number of carbonyl (C=O) groups is 1. The van der Waals surface area contributed by atoms with E-state index in [1.165, 1.54) is 11.1 Å². The predicted octanol–water partition coefficient (Wildman–Crippen LogP) is 2.97. The van der Waals surface area contributed by atoms with Crippen molar-refractivity contribution in [3.05, 3.63) is 50.8 Å². The molecule has 3 rings (SSSR count). The maximum atomic E-state index is 11.8. The molecule has 0 spiro atoms. The number of fused-ring (bicyclic) bond motifs is 1. The molecule has 0 bridgehead atoms. The van der Waals surface area contributed by atoms with Gasteiger partial charge in [0, 0.05) is 18.8 Å². The first-order valence-corrected chi connectivity index (χ1v) is 9.23. The maximum absolute atomic E-state index is 11.8. The van der Waals surface area contributed by atoms with Crippen LogP contribution in [0.2, 0.25) is 0 Å². The molecule has 144 valence electrons. The van der Waals surface area contributed by atoms with Gasteiger partial charge in [0.05, 0.1) is 26.5 Å². The molecule has 27 heavy (non-hydrogen) atoms. The summed E-state index contributed by atoms with van der Waals surface area (Å²) in [5, 5.41) is 0. The average Bonchev–Trinajstić information content (AvgIpc) is 2.63. The molecule has 0 fully saturated rings. The Morgan fingerprint density at radius 3 is 2.37 bits per heavy atom. The van der Waals surface area contributed by atoms with Gasteiger partial charge in [0.15, 0.2) is 11.5 Å². The number of aromatic nitrogens is 1. The lowest BCUT2D eigenvalue weighted by Crippen LogP contribution is -2.33. The summed E-state index contributed by atoms with van der Waals surface area (Å²) in [4.78, 5) is 14.1. The Morgan fingerprint density at radius 1 is 1.15 bits per heavy atom. The summed E-state index contributed by atoms with van der Waals surface area (Å²) in [6, 6.07) is 6.05. The molecule has 0 atom stereocenters. The number of pyridine rings is 1. The van der Waals surface area contributed by atoms with Crippen molar-refractivity contribution in [2.75, 3.05) is 20.8 Å². The first-order valence-electron chi connectivity index (χ1n) is 8.82. The largest absolute Gasteiger partial charge is 0.493 e. The minimum absolute atomic E-state index is 0.430. The Hall–Kier alpha value is -2.38. The molecule has 7 heteroatoms. The van der Waals surface area contributed by atoms with Gasteiger partial charge in [0.2, 0.25) is 0 Å². The fourth-order valence-electron chi connectivity index (χ4n) is 3.67. The number of primary amides is 1. The van der Waals surface area contributed by atoms with Crippen molar-refractivity contribution < 1.29 is 14.3 Å². The SMILES string of the molecule is COc1cc2c(cc1OC)CN(Cn1c(C)cc(C)c(C(N)=O)c1=S)CC2. The molecule has 0 unspecified atom stereocenters. The number of aryl methyl sites for hydroxylation is 2. The Labute approximate surface area is 164 Å². The van der Waals surface area contributed by atoms with Gasteiger partial charge < -0.3 is 19.8 Å². The first kappa shape index (κ1) is 19.4. The third kappa shape index (κ3) is 3.70. The number of nitrogens with two attached hydrogens (primary N) is 1. The number of rotatable bonds is 5. The Balaban J connectivity index is 1.90. The van der Waals surface area contributed by atoms with E-state index in [-0.39, 0.29) is 0 Å². The Morgan fingerprint density at radius 2 is 1.78 bits per heavy atom. The Kier molecular flexibility index (Phi) is 5.53. The van der Waals surface area contributed by atoms with Gasteiger partial charge in [-0.1, -0.05) is 12.2 Å². The summed E-state index contributed by atoms with van der Waals surface area (Å²) < 4.78 is 13.3. The molecule has 0 aliphatic carbocycles. The van der Waals surface area contributed by atoms with Crippen LogP contribution in [0.1, 0.15) is 32.7 Å². The number of amides is 1. The molecule has 1 aliphatic rings. The predicted molar refractivity (Wildman–Crippen MR) is 107 cm³/mol. The number of hydrogen-bond donors (Lipinski definition) is 1. The van der Waals surface area contributed by atoms with Crippen LogP contribution in [0.3, 0.4) is 0 Å². The van der Waals surface area contributed by atoms with Crippen molar-refractivity contribution in [3.63, 3.8) is 0 Å². The van der Waals surface area contributed by atoms with Gasteiger partial charge in [0.25, 0.3) is 5.91 Å². The molecule has 1 aromatic carbocycles. The summed E-state index contributed by atoms with van der Waals surface area (Å²) in [5.41, 5.74) is 10.3. The van der Waals surface area contributed by atoms with Crippen molar-refractivity contribution in [2.45, 2.75) is 33.5 Å². The summed E-state index contributed by atoms with van der Waals surface area (Å²) in [7, 11) is 3.29. The van der Waals surface area contributed by atoms with E-state index in [0.717, 1.165) is 42.3 Å². The summed E-state index contributed by atoms with van der Waals surface area (Å²) in [6.45, 7) is 6.14. The highest BCUT2D eigenvalue weighted by atomic mass is 32.1. The van der Waals surface area contributed by atoms with Crippen LogP contribution in [0.25, 0.3) is 0 Å². The topological polar surface area (TPSA) is 69.7 Å². The van der Waals surface area contributed by atoms with Crippen LogP contribution in [0.4, 0.5) is 0 Å². The Bertz CT molecular complexity index is 952. The number of nitrogens with zero attached hydrogens (tertiary/aromatic N) is 2. The van der Waals surface area contributed by atoms with E-state index >= 15 is 0 Å². The third-order valence-corrected chi connectivity index (χ3v) is 5.51. The third-order valence-electron chi connectivity index (χ3n) is 5.09. The summed E-state index contributed by atoms with van der Waals surface area (Å²) in [5.74, 6) is 1.01. The van der Waals surface area contributed by atoms with Crippen LogP contribution >= 0.6 is 12.2 Å². The molecular formula is C20H25N3O3S. The van der Waals surface area contributed by atoms with Gasteiger partial charge in [-0.25, -0.2) is 0 Å². The fraction of sp³-hybridized carbons (Fsp3) is 0.400. The zero-order valence-corrected chi connectivity index (χ0v) is 17.0. The zero-order chi connectivity index (χ0) is 19.7. The van der Waals surface area contributed by atoms with Crippen LogP contribution in [-0.4, -0.2) is 36.1 Å². The van der Waals surface area contributed by atoms with Crippen molar-refractivity contribution in [1.82, 2.24) is 9.47 Å². The van der Waals surface area contributed by atoms with Gasteiger partial charge in [0.1, 0.15) is 4.64 Å². The molecule has 1 aromatic heterocycles. The van der Waals surface area contributed by atoms with E-state index in [1.54, 1.807) is 14.2 Å². The van der Waals surface area contributed by atoms with Crippen molar-refractivity contribution in [3.8, 4) is 11.5 Å². The second-order valence-corrected chi connectivity index (χ2v) is 7.25. The van der Waals surface area contributed by atoms with E-state index in [1.807, 2.05) is 30.5 Å². The smallest absolute Gasteiger partial charge is 0.251 e. The first-order chi connectivity index (χ1) is 12.8. The van der Waals surface area contributed by atoms with Crippen LogP contribution in [0, 0.1) is 18.5 Å².